The second-order valence-corrected chi connectivity index (χ2v) is 10.1. The summed E-state index contributed by atoms with van der Waals surface area (Å²) in [6, 6.07) is 19.9. The van der Waals surface area contributed by atoms with Gasteiger partial charge in [-0.3, -0.25) is 4.90 Å². The summed E-state index contributed by atoms with van der Waals surface area (Å²) < 4.78 is 0. The summed E-state index contributed by atoms with van der Waals surface area (Å²) in [5.74, 6) is 0.247. The highest BCUT2D eigenvalue weighted by Crippen LogP contribution is 2.42. The van der Waals surface area contributed by atoms with E-state index in [1.165, 1.54) is 29.5 Å². The Morgan fingerprint density at radius 1 is 0.912 bits per heavy atom. The largest absolute Gasteiger partial charge is 0.395 e. The van der Waals surface area contributed by atoms with E-state index in [1.54, 1.807) is 0 Å². The maximum Gasteiger partial charge on any atom is 0.317 e. The number of amides is 2. The van der Waals surface area contributed by atoms with Crippen molar-refractivity contribution < 1.29 is 9.90 Å². The standard InChI is InChI=1S/C29H37N3O2/c33-21-27-28(24-16-14-23(15-17-24)13-12-22-8-2-1-3-9-22)26-20-31(18-6-7-19-32(26)27)29(34)30-25-10-4-5-11-25/h1-3,8-9,12-17,25-28,33H,4-7,10-11,18-21H2,(H,30,34)/b13-12+/t26-,27-,28-/m1/s1. The monoisotopic (exact) mass is 459 g/mol. The molecular weight excluding hydrogens is 422 g/mol. The Morgan fingerprint density at radius 3 is 2.29 bits per heavy atom. The molecule has 5 rings (SSSR count). The third kappa shape index (κ3) is 5.06. The van der Waals surface area contributed by atoms with Crippen LogP contribution in [0, 0.1) is 0 Å². The highest BCUT2D eigenvalue weighted by molar-refractivity contribution is 5.74. The van der Waals surface area contributed by atoms with Crippen molar-refractivity contribution in [3.05, 3.63) is 71.3 Å². The zero-order valence-electron chi connectivity index (χ0n) is 20.0. The number of aliphatic hydroxyl groups excluding tert-OH is 1. The molecule has 0 spiro atoms. The molecule has 0 unspecified atom stereocenters. The van der Waals surface area contributed by atoms with Crippen molar-refractivity contribution in [1.29, 1.82) is 0 Å². The van der Waals surface area contributed by atoms with Gasteiger partial charge in [-0.1, -0.05) is 79.6 Å². The molecule has 34 heavy (non-hydrogen) atoms. The van der Waals surface area contributed by atoms with Gasteiger partial charge in [-0.2, -0.15) is 0 Å². The highest BCUT2D eigenvalue weighted by atomic mass is 16.3. The van der Waals surface area contributed by atoms with E-state index in [0.29, 0.717) is 6.04 Å². The molecule has 5 nitrogen and oxygen atoms in total. The fourth-order valence-corrected chi connectivity index (χ4v) is 6.05. The number of carbonyl (C=O) groups excluding carboxylic acids is 1. The minimum atomic E-state index is 0.0985. The summed E-state index contributed by atoms with van der Waals surface area (Å²) in [6.45, 7) is 2.71. The Bertz CT molecular complexity index is 969. The van der Waals surface area contributed by atoms with Crippen LogP contribution in [-0.4, -0.2) is 65.3 Å². The number of hydrogen-bond acceptors (Lipinski definition) is 3. The van der Waals surface area contributed by atoms with Crippen LogP contribution in [0.2, 0.25) is 0 Å². The van der Waals surface area contributed by atoms with Crippen LogP contribution >= 0.6 is 0 Å². The van der Waals surface area contributed by atoms with Crippen molar-refractivity contribution in [1.82, 2.24) is 15.1 Å². The number of aliphatic hydroxyl groups is 1. The molecule has 1 aliphatic carbocycles. The number of nitrogens with one attached hydrogen (secondary N) is 1. The van der Waals surface area contributed by atoms with Crippen LogP contribution in [0.15, 0.2) is 54.6 Å². The molecule has 3 atom stereocenters. The lowest BCUT2D eigenvalue weighted by molar-refractivity contribution is -0.0591. The van der Waals surface area contributed by atoms with E-state index >= 15 is 0 Å². The molecule has 2 N–H and O–H groups in total. The third-order valence-corrected chi connectivity index (χ3v) is 7.93. The first-order chi connectivity index (χ1) is 16.7. The first-order valence-corrected chi connectivity index (χ1v) is 13.0. The van der Waals surface area contributed by atoms with Gasteiger partial charge in [0, 0.05) is 37.1 Å². The topological polar surface area (TPSA) is 55.8 Å². The highest BCUT2D eigenvalue weighted by Gasteiger charge is 2.49. The first kappa shape index (κ1) is 23.1. The first-order valence-electron chi connectivity index (χ1n) is 13.0. The van der Waals surface area contributed by atoms with Gasteiger partial charge < -0.3 is 15.3 Å². The molecule has 2 aromatic carbocycles. The lowest BCUT2D eigenvalue weighted by atomic mass is 9.74. The SMILES string of the molecule is O=C(NC1CCCC1)N1CCCCN2[C@H](CO)[C@H](c3ccc(/C=C/c4ccccc4)cc3)[C@H]2C1. The Labute approximate surface area is 203 Å². The molecule has 2 aromatic rings. The van der Waals surface area contributed by atoms with Gasteiger partial charge >= 0.3 is 6.03 Å². The maximum absolute atomic E-state index is 13.1. The van der Waals surface area contributed by atoms with E-state index in [0.717, 1.165) is 45.3 Å². The fourth-order valence-electron chi connectivity index (χ4n) is 6.05. The number of nitrogens with zero attached hydrogens (tertiary/aromatic N) is 2. The summed E-state index contributed by atoms with van der Waals surface area (Å²) in [7, 11) is 0. The molecule has 1 saturated carbocycles. The minimum absolute atomic E-state index is 0.0985. The molecule has 0 bridgehead atoms. The summed E-state index contributed by atoms with van der Waals surface area (Å²) in [5.41, 5.74) is 3.61. The fraction of sp³-hybridized carbons (Fsp3) is 0.483. The van der Waals surface area contributed by atoms with E-state index in [-0.39, 0.29) is 30.6 Å². The van der Waals surface area contributed by atoms with E-state index in [1.807, 2.05) is 23.1 Å². The number of urea groups is 1. The van der Waals surface area contributed by atoms with Gasteiger partial charge in [-0.05, 0) is 48.9 Å². The lowest BCUT2D eigenvalue weighted by Crippen LogP contribution is -2.68. The van der Waals surface area contributed by atoms with Crippen LogP contribution < -0.4 is 5.32 Å². The quantitative estimate of drug-likeness (QED) is 0.636. The minimum Gasteiger partial charge on any atom is -0.395 e. The van der Waals surface area contributed by atoms with Crippen LogP contribution in [-0.2, 0) is 0 Å². The second kappa shape index (κ2) is 10.7. The Hall–Kier alpha value is -2.63. The van der Waals surface area contributed by atoms with Gasteiger partial charge in [-0.15, -0.1) is 0 Å². The van der Waals surface area contributed by atoms with Crippen molar-refractivity contribution in [3.63, 3.8) is 0 Å². The van der Waals surface area contributed by atoms with Crippen molar-refractivity contribution >= 4 is 18.2 Å². The van der Waals surface area contributed by atoms with Crippen molar-refractivity contribution in [2.75, 3.05) is 26.2 Å². The van der Waals surface area contributed by atoms with Crippen LogP contribution in [0.1, 0.15) is 61.1 Å². The van der Waals surface area contributed by atoms with Crippen LogP contribution in [0.4, 0.5) is 4.79 Å². The second-order valence-electron chi connectivity index (χ2n) is 10.1. The molecular formula is C29H37N3O2. The zero-order chi connectivity index (χ0) is 23.3. The van der Waals surface area contributed by atoms with Crippen molar-refractivity contribution in [3.8, 4) is 0 Å². The average molecular weight is 460 g/mol. The van der Waals surface area contributed by atoms with Crippen LogP contribution in [0.25, 0.3) is 12.2 Å². The predicted octanol–water partition coefficient (Wildman–Crippen LogP) is 4.73. The summed E-state index contributed by atoms with van der Waals surface area (Å²) in [5, 5.41) is 13.5. The van der Waals surface area contributed by atoms with Gasteiger partial charge in [0.25, 0.3) is 0 Å². The molecule has 0 aromatic heterocycles. The Kier molecular flexibility index (Phi) is 7.31. The number of benzene rings is 2. The van der Waals surface area contributed by atoms with E-state index in [9.17, 15) is 9.90 Å². The van der Waals surface area contributed by atoms with Gasteiger partial charge in [0.15, 0.2) is 0 Å². The summed E-state index contributed by atoms with van der Waals surface area (Å²) in [4.78, 5) is 17.5. The molecule has 0 radical (unpaired) electrons. The number of fused-ring (bicyclic) bond motifs is 1. The molecule has 2 heterocycles. The van der Waals surface area contributed by atoms with Gasteiger partial charge in [0.05, 0.1) is 6.61 Å². The van der Waals surface area contributed by atoms with Crippen molar-refractivity contribution in [2.24, 2.45) is 0 Å². The Balaban J connectivity index is 1.29. The van der Waals surface area contributed by atoms with Crippen LogP contribution in [0.5, 0.6) is 0 Å². The van der Waals surface area contributed by atoms with E-state index < -0.39 is 0 Å². The molecule has 5 heteroatoms. The number of hydrogen-bond donors (Lipinski definition) is 2. The maximum atomic E-state index is 13.1. The molecule has 180 valence electrons. The van der Waals surface area contributed by atoms with E-state index in [2.05, 4.69) is 58.8 Å². The lowest BCUT2D eigenvalue weighted by Gasteiger charge is -2.57. The third-order valence-electron chi connectivity index (χ3n) is 7.93. The number of rotatable bonds is 5. The number of carbonyl (C=O) groups is 1. The molecule has 2 saturated heterocycles. The van der Waals surface area contributed by atoms with Crippen molar-refractivity contribution in [2.45, 2.75) is 62.6 Å². The molecule has 2 aliphatic heterocycles. The van der Waals surface area contributed by atoms with Crippen LogP contribution in [0.3, 0.4) is 0 Å². The van der Waals surface area contributed by atoms with Gasteiger partial charge in [0.2, 0.25) is 0 Å². The van der Waals surface area contributed by atoms with Gasteiger partial charge in [-0.25, -0.2) is 4.79 Å². The Morgan fingerprint density at radius 2 is 1.59 bits per heavy atom. The average Bonchev–Trinajstić information content (AvgIpc) is 3.36. The zero-order valence-corrected chi connectivity index (χ0v) is 20.0. The van der Waals surface area contributed by atoms with E-state index in [4.69, 9.17) is 0 Å². The molecule has 3 aliphatic rings. The molecule has 2 amide bonds. The van der Waals surface area contributed by atoms with Gasteiger partial charge in [0.1, 0.15) is 0 Å². The predicted molar refractivity (Wildman–Crippen MR) is 138 cm³/mol. The summed E-state index contributed by atoms with van der Waals surface area (Å²) >= 11 is 0. The smallest absolute Gasteiger partial charge is 0.317 e. The molecule has 3 fully saturated rings. The normalized spacial score (nSPS) is 26.0. The summed E-state index contributed by atoms with van der Waals surface area (Å²) in [6.07, 6.45) is 11.0.